The summed E-state index contributed by atoms with van der Waals surface area (Å²) in [5.74, 6) is -2.90. The highest BCUT2D eigenvalue weighted by molar-refractivity contribution is 6.25. The number of carbonyl (C=O) groups excluding carboxylic acids is 4. The number of aliphatic carboxylic acids is 1. The number of anilines is 1. The Balaban J connectivity index is 1.25. The molecule has 0 bridgehead atoms. The Morgan fingerprint density at radius 1 is 1.03 bits per heavy atom. The number of fused-ring (bicyclic) bond motifs is 1. The lowest BCUT2D eigenvalue weighted by Gasteiger charge is -2.27. The van der Waals surface area contributed by atoms with Crippen LogP contribution in [-0.4, -0.2) is 60.6 Å². The third-order valence-electron chi connectivity index (χ3n) is 6.79. The number of hydrogen-bond acceptors (Lipinski definition) is 8. The number of nitrogens with zero attached hydrogens (tertiary/aromatic N) is 4. The van der Waals surface area contributed by atoms with Gasteiger partial charge in [0.05, 0.1) is 23.9 Å². The molecule has 12 heteroatoms. The maximum absolute atomic E-state index is 13.2. The summed E-state index contributed by atoms with van der Waals surface area (Å²) in [4.78, 5) is 61.4. The fourth-order valence-corrected chi connectivity index (χ4v) is 4.81. The molecule has 1 atom stereocenters. The number of amides is 4. The van der Waals surface area contributed by atoms with Gasteiger partial charge < -0.3 is 10.4 Å². The SMILES string of the molecule is O=C(O)CCCCCCCCCn1cc(CNc2cccc3c2C(=O)N(C2CCC(=O)NC2=O)C3=O)nn1. The second-order valence-corrected chi connectivity index (χ2v) is 9.62. The first-order valence-corrected chi connectivity index (χ1v) is 13.0. The van der Waals surface area contributed by atoms with Gasteiger partial charge in [-0.25, -0.2) is 0 Å². The van der Waals surface area contributed by atoms with E-state index in [1.807, 2.05) is 6.20 Å². The Morgan fingerprint density at radius 2 is 1.76 bits per heavy atom. The van der Waals surface area contributed by atoms with Crippen LogP contribution < -0.4 is 10.6 Å². The number of nitrogens with one attached hydrogen (secondary N) is 2. The minimum atomic E-state index is -1.01. The average molecular weight is 525 g/mol. The summed E-state index contributed by atoms with van der Waals surface area (Å²) in [7, 11) is 0. The molecule has 1 saturated heterocycles. The van der Waals surface area contributed by atoms with Crippen molar-refractivity contribution in [3.8, 4) is 0 Å². The summed E-state index contributed by atoms with van der Waals surface area (Å²) in [6, 6.07) is 3.91. The molecule has 0 radical (unpaired) electrons. The highest BCUT2D eigenvalue weighted by Gasteiger charge is 2.45. The lowest BCUT2D eigenvalue weighted by Crippen LogP contribution is -2.54. The van der Waals surface area contributed by atoms with Gasteiger partial charge in [0.2, 0.25) is 11.8 Å². The number of piperidine rings is 1. The summed E-state index contributed by atoms with van der Waals surface area (Å²) in [6.07, 6.45) is 9.20. The summed E-state index contributed by atoms with van der Waals surface area (Å²) < 4.78 is 1.78. The molecule has 3 N–H and O–H groups in total. The van der Waals surface area contributed by atoms with Gasteiger partial charge in [-0.05, 0) is 31.4 Å². The van der Waals surface area contributed by atoms with Crippen molar-refractivity contribution in [1.82, 2.24) is 25.2 Å². The predicted octanol–water partition coefficient (Wildman–Crippen LogP) is 2.50. The molecule has 12 nitrogen and oxygen atoms in total. The van der Waals surface area contributed by atoms with Crippen LogP contribution in [0.3, 0.4) is 0 Å². The number of aromatic nitrogens is 3. The second-order valence-electron chi connectivity index (χ2n) is 9.62. The molecule has 3 heterocycles. The van der Waals surface area contributed by atoms with Crippen molar-refractivity contribution in [2.75, 3.05) is 5.32 Å². The first kappa shape index (κ1) is 27.0. The minimum absolute atomic E-state index is 0.0686. The van der Waals surface area contributed by atoms with Crippen LogP contribution in [0.1, 0.15) is 90.6 Å². The molecule has 202 valence electrons. The zero-order valence-corrected chi connectivity index (χ0v) is 21.1. The lowest BCUT2D eigenvalue weighted by molar-refractivity contribution is -0.138. The Hall–Kier alpha value is -4.09. The van der Waals surface area contributed by atoms with E-state index >= 15 is 0 Å². The Kier molecular flexibility index (Phi) is 8.82. The van der Waals surface area contributed by atoms with Crippen molar-refractivity contribution in [3.63, 3.8) is 0 Å². The van der Waals surface area contributed by atoms with Crippen LogP contribution >= 0.6 is 0 Å². The number of rotatable bonds is 14. The van der Waals surface area contributed by atoms with Gasteiger partial charge in [0.1, 0.15) is 11.7 Å². The van der Waals surface area contributed by atoms with Crippen molar-refractivity contribution in [2.24, 2.45) is 0 Å². The normalized spacial score (nSPS) is 17.1. The highest BCUT2D eigenvalue weighted by atomic mass is 16.4. The van der Waals surface area contributed by atoms with E-state index in [0.29, 0.717) is 17.9 Å². The molecular weight excluding hydrogens is 492 g/mol. The number of carboxylic acid groups (broad SMARTS) is 1. The number of benzene rings is 1. The van der Waals surface area contributed by atoms with Crippen LogP contribution in [0.4, 0.5) is 5.69 Å². The number of carboxylic acids is 1. The monoisotopic (exact) mass is 524 g/mol. The Bertz CT molecular complexity index is 1220. The fourth-order valence-electron chi connectivity index (χ4n) is 4.81. The molecule has 2 aliphatic rings. The minimum Gasteiger partial charge on any atom is -0.481 e. The van der Waals surface area contributed by atoms with Gasteiger partial charge >= 0.3 is 5.97 Å². The largest absolute Gasteiger partial charge is 0.481 e. The molecule has 1 aromatic carbocycles. The van der Waals surface area contributed by atoms with E-state index in [2.05, 4.69) is 20.9 Å². The zero-order chi connectivity index (χ0) is 27.1. The van der Waals surface area contributed by atoms with Gasteiger partial charge in [-0.1, -0.05) is 43.4 Å². The van der Waals surface area contributed by atoms with Crippen LogP contribution in [0.25, 0.3) is 0 Å². The van der Waals surface area contributed by atoms with Crippen LogP contribution in [0.15, 0.2) is 24.4 Å². The van der Waals surface area contributed by atoms with E-state index in [-0.39, 0.29) is 30.4 Å². The molecule has 0 saturated carbocycles. The summed E-state index contributed by atoms with van der Waals surface area (Å²) in [5, 5.41) is 22.4. The van der Waals surface area contributed by atoms with E-state index in [1.165, 1.54) is 0 Å². The predicted molar refractivity (Wildman–Crippen MR) is 135 cm³/mol. The number of unbranched alkanes of at least 4 members (excludes halogenated alkanes) is 6. The van der Waals surface area contributed by atoms with Crippen molar-refractivity contribution in [2.45, 2.75) is 83.3 Å². The fraction of sp³-hybridized carbons (Fsp3) is 0.500. The third kappa shape index (κ3) is 6.42. The highest BCUT2D eigenvalue weighted by Crippen LogP contribution is 2.32. The molecule has 1 fully saturated rings. The van der Waals surface area contributed by atoms with E-state index in [1.54, 1.807) is 22.9 Å². The van der Waals surface area contributed by atoms with E-state index in [0.717, 1.165) is 56.4 Å². The van der Waals surface area contributed by atoms with E-state index in [9.17, 15) is 24.0 Å². The van der Waals surface area contributed by atoms with Gasteiger partial charge in [-0.2, -0.15) is 0 Å². The molecule has 2 aromatic rings. The molecule has 1 aromatic heterocycles. The molecule has 0 aliphatic carbocycles. The number of aryl methyl sites for hydroxylation is 1. The van der Waals surface area contributed by atoms with Gasteiger partial charge in [0.15, 0.2) is 0 Å². The van der Waals surface area contributed by atoms with Gasteiger partial charge in [0.25, 0.3) is 11.8 Å². The van der Waals surface area contributed by atoms with Gasteiger partial charge in [0, 0.05) is 25.1 Å². The summed E-state index contributed by atoms with van der Waals surface area (Å²) in [6.45, 7) is 1.04. The van der Waals surface area contributed by atoms with Crippen LogP contribution in [0, 0.1) is 0 Å². The molecule has 0 spiro atoms. The van der Waals surface area contributed by atoms with Gasteiger partial charge in [-0.15, -0.1) is 5.10 Å². The molecule has 2 aliphatic heterocycles. The topological polar surface area (TPSA) is 164 Å². The molecule has 38 heavy (non-hydrogen) atoms. The van der Waals surface area contributed by atoms with Crippen molar-refractivity contribution in [1.29, 1.82) is 0 Å². The smallest absolute Gasteiger partial charge is 0.303 e. The van der Waals surface area contributed by atoms with Crippen molar-refractivity contribution >= 4 is 35.3 Å². The van der Waals surface area contributed by atoms with Gasteiger partial charge in [-0.3, -0.25) is 38.9 Å². The second kappa shape index (κ2) is 12.4. The number of hydrogen-bond donors (Lipinski definition) is 3. The van der Waals surface area contributed by atoms with Crippen molar-refractivity contribution < 1.29 is 29.1 Å². The third-order valence-corrected chi connectivity index (χ3v) is 6.79. The van der Waals surface area contributed by atoms with Crippen LogP contribution in [0.2, 0.25) is 0 Å². The molecule has 4 amide bonds. The number of imide groups is 2. The maximum Gasteiger partial charge on any atom is 0.303 e. The maximum atomic E-state index is 13.2. The van der Waals surface area contributed by atoms with Crippen molar-refractivity contribution in [3.05, 3.63) is 41.2 Å². The summed E-state index contributed by atoms with van der Waals surface area (Å²) in [5.41, 5.74) is 1.57. The molecule has 4 rings (SSSR count). The quantitative estimate of drug-likeness (QED) is 0.249. The van der Waals surface area contributed by atoms with Crippen LogP contribution in [-0.2, 0) is 27.5 Å². The van der Waals surface area contributed by atoms with E-state index in [4.69, 9.17) is 5.11 Å². The first-order valence-electron chi connectivity index (χ1n) is 13.0. The average Bonchev–Trinajstić information content (AvgIpc) is 3.44. The number of carbonyl (C=O) groups is 5. The standard InChI is InChI=1S/C26H32N6O6/c33-21-13-12-20(24(36)28-21)32-25(37)18-9-8-10-19(23(18)26(32)38)27-15-17-16-31(30-29-17)14-7-5-3-1-2-4-6-11-22(34)35/h8-10,16,20,27H,1-7,11-15H2,(H,34,35)(H,28,33,36). The van der Waals surface area contributed by atoms with E-state index < -0.39 is 35.6 Å². The Morgan fingerprint density at radius 3 is 2.50 bits per heavy atom. The summed E-state index contributed by atoms with van der Waals surface area (Å²) >= 11 is 0. The molecule has 1 unspecified atom stereocenters. The first-order chi connectivity index (χ1) is 18.3. The zero-order valence-electron chi connectivity index (χ0n) is 21.1. The Labute approximate surface area is 219 Å². The molecular formula is C26H32N6O6. The van der Waals surface area contributed by atoms with Crippen LogP contribution in [0.5, 0.6) is 0 Å². The lowest BCUT2D eigenvalue weighted by atomic mass is 10.0.